The maximum atomic E-state index is 14.0. The van der Waals surface area contributed by atoms with E-state index < -0.39 is 0 Å². The Morgan fingerprint density at radius 1 is 1.11 bits per heavy atom. The molecule has 4 heteroatoms. The van der Waals surface area contributed by atoms with E-state index in [4.69, 9.17) is 5.73 Å². The molecule has 2 rings (SSSR count). The number of hydrogen-bond donors (Lipinski definition) is 1. The van der Waals surface area contributed by atoms with E-state index in [1.54, 1.807) is 23.9 Å². The molecule has 0 saturated heterocycles. The van der Waals surface area contributed by atoms with Crippen LogP contribution < -0.4 is 5.73 Å². The van der Waals surface area contributed by atoms with Crippen molar-refractivity contribution in [2.24, 2.45) is 5.73 Å². The number of halogens is 2. The Labute approximate surface area is 119 Å². The molecule has 0 saturated carbocycles. The molecule has 0 spiro atoms. The van der Waals surface area contributed by atoms with Gasteiger partial charge in [-0.05, 0) is 23.8 Å². The predicted octanol–water partition coefficient (Wildman–Crippen LogP) is 4.34. The first-order valence-corrected chi connectivity index (χ1v) is 7.33. The number of benzene rings is 2. The molecule has 0 amide bonds. The normalized spacial score (nSPS) is 10.6. The third-order valence-corrected chi connectivity index (χ3v) is 4.10. The minimum Gasteiger partial charge on any atom is -0.326 e. The van der Waals surface area contributed by atoms with Crippen LogP contribution in [0, 0.1) is 5.82 Å². The van der Waals surface area contributed by atoms with Crippen molar-refractivity contribution >= 4 is 27.7 Å². The second-order valence-corrected chi connectivity index (χ2v) is 5.80. The smallest absolute Gasteiger partial charge is 0.131 e. The lowest BCUT2D eigenvalue weighted by Gasteiger charge is -2.07. The van der Waals surface area contributed by atoms with Gasteiger partial charge in [0.15, 0.2) is 0 Å². The summed E-state index contributed by atoms with van der Waals surface area (Å²) in [5.74, 6) is 0.429. The van der Waals surface area contributed by atoms with Crippen LogP contribution in [-0.4, -0.2) is 0 Å². The van der Waals surface area contributed by atoms with E-state index in [0.29, 0.717) is 16.9 Å². The second kappa shape index (κ2) is 6.36. The third kappa shape index (κ3) is 3.34. The average molecular weight is 326 g/mol. The molecule has 94 valence electrons. The summed E-state index contributed by atoms with van der Waals surface area (Å²) in [6, 6.07) is 13.4. The first-order chi connectivity index (χ1) is 8.70. The van der Waals surface area contributed by atoms with Crippen LogP contribution in [0.2, 0.25) is 0 Å². The Kier molecular flexibility index (Phi) is 4.80. The second-order valence-electron chi connectivity index (χ2n) is 3.84. The van der Waals surface area contributed by atoms with Crippen molar-refractivity contribution in [1.82, 2.24) is 0 Å². The summed E-state index contributed by atoms with van der Waals surface area (Å²) in [7, 11) is 0. The van der Waals surface area contributed by atoms with Crippen LogP contribution in [-0.2, 0) is 12.3 Å². The molecular formula is C14H13BrFNS. The van der Waals surface area contributed by atoms with E-state index in [-0.39, 0.29) is 12.4 Å². The molecule has 18 heavy (non-hydrogen) atoms. The number of rotatable bonds is 4. The van der Waals surface area contributed by atoms with Gasteiger partial charge in [0.05, 0.1) is 0 Å². The van der Waals surface area contributed by atoms with Crippen molar-refractivity contribution in [3.63, 3.8) is 0 Å². The average Bonchev–Trinajstić information content (AvgIpc) is 2.38. The van der Waals surface area contributed by atoms with Gasteiger partial charge in [-0.1, -0.05) is 40.2 Å². The van der Waals surface area contributed by atoms with Crippen LogP contribution in [0.3, 0.4) is 0 Å². The molecule has 2 aromatic carbocycles. The van der Waals surface area contributed by atoms with E-state index in [0.717, 1.165) is 9.37 Å². The Morgan fingerprint density at radius 3 is 2.56 bits per heavy atom. The molecule has 0 bridgehead atoms. The summed E-state index contributed by atoms with van der Waals surface area (Å²) in [5, 5.41) is 0. The van der Waals surface area contributed by atoms with E-state index in [1.165, 1.54) is 0 Å². The zero-order valence-corrected chi connectivity index (χ0v) is 12.1. The van der Waals surface area contributed by atoms with Crippen LogP contribution in [0.1, 0.15) is 11.1 Å². The molecule has 0 aliphatic heterocycles. The number of thioether (sulfide) groups is 1. The Hall–Kier alpha value is -0.840. The van der Waals surface area contributed by atoms with Gasteiger partial charge in [0.2, 0.25) is 0 Å². The van der Waals surface area contributed by atoms with Crippen molar-refractivity contribution in [2.45, 2.75) is 17.2 Å². The summed E-state index contributed by atoms with van der Waals surface area (Å²) in [6.45, 7) is 0.237. The molecule has 0 fully saturated rings. The summed E-state index contributed by atoms with van der Waals surface area (Å²) in [4.78, 5) is 1.11. The minimum absolute atomic E-state index is 0.178. The summed E-state index contributed by atoms with van der Waals surface area (Å²) in [5.41, 5.74) is 6.76. The fourth-order valence-corrected chi connectivity index (χ4v) is 3.10. The van der Waals surface area contributed by atoms with Crippen molar-refractivity contribution in [2.75, 3.05) is 0 Å². The van der Waals surface area contributed by atoms with Crippen LogP contribution in [0.4, 0.5) is 4.39 Å². The highest BCUT2D eigenvalue weighted by atomic mass is 79.9. The van der Waals surface area contributed by atoms with Gasteiger partial charge in [-0.3, -0.25) is 0 Å². The molecule has 0 aliphatic carbocycles. The largest absolute Gasteiger partial charge is 0.326 e. The zero-order chi connectivity index (χ0) is 13.0. The topological polar surface area (TPSA) is 26.0 Å². The van der Waals surface area contributed by atoms with Gasteiger partial charge < -0.3 is 5.73 Å². The Bertz CT molecular complexity index is 545. The summed E-state index contributed by atoms with van der Waals surface area (Å²) < 4.78 is 15.0. The van der Waals surface area contributed by atoms with Crippen LogP contribution in [0.5, 0.6) is 0 Å². The van der Waals surface area contributed by atoms with Crippen molar-refractivity contribution < 1.29 is 4.39 Å². The maximum absolute atomic E-state index is 14.0. The predicted molar refractivity (Wildman–Crippen MR) is 78.0 cm³/mol. The minimum atomic E-state index is -0.178. The Balaban J connectivity index is 2.11. The molecule has 2 aromatic rings. The summed E-state index contributed by atoms with van der Waals surface area (Å²) in [6.07, 6.45) is 0. The first-order valence-electron chi connectivity index (χ1n) is 5.55. The molecule has 0 radical (unpaired) electrons. The highest BCUT2D eigenvalue weighted by molar-refractivity contribution is 9.10. The molecule has 0 unspecified atom stereocenters. The molecule has 0 aromatic heterocycles. The molecule has 0 heterocycles. The van der Waals surface area contributed by atoms with Gasteiger partial charge in [-0.25, -0.2) is 4.39 Å². The van der Waals surface area contributed by atoms with E-state index in [9.17, 15) is 4.39 Å². The SMILES string of the molecule is NCc1cccc(CSc2cccc(Br)c2)c1F. The van der Waals surface area contributed by atoms with Crippen molar-refractivity contribution in [3.05, 3.63) is 63.9 Å². The number of nitrogens with two attached hydrogens (primary N) is 1. The fraction of sp³-hybridized carbons (Fsp3) is 0.143. The maximum Gasteiger partial charge on any atom is 0.131 e. The van der Waals surface area contributed by atoms with Crippen LogP contribution >= 0.6 is 27.7 Å². The van der Waals surface area contributed by atoms with Gasteiger partial charge in [-0.2, -0.15) is 0 Å². The van der Waals surface area contributed by atoms with Gasteiger partial charge in [0.1, 0.15) is 5.82 Å². The standard InChI is InChI=1S/C14H13BrFNS/c15-12-5-2-6-13(7-12)18-9-11-4-1-3-10(8-17)14(11)16/h1-7H,8-9,17H2. The number of hydrogen-bond acceptors (Lipinski definition) is 2. The third-order valence-electron chi connectivity index (χ3n) is 2.57. The van der Waals surface area contributed by atoms with E-state index >= 15 is 0 Å². The lowest BCUT2D eigenvalue weighted by molar-refractivity contribution is 0.600. The van der Waals surface area contributed by atoms with Gasteiger partial charge in [0.25, 0.3) is 0 Å². The lowest BCUT2D eigenvalue weighted by Crippen LogP contribution is -2.02. The fourth-order valence-electron chi connectivity index (χ4n) is 1.62. The molecule has 0 atom stereocenters. The quantitative estimate of drug-likeness (QED) is 0.846. The van der Waals surface area contributed by atoms with Crippen molar-refractivity contribution in [1.29, 1.82) is 0 Å². The van der Waals surface area contributed by atoms with Gasteiger partial charge >= 0.3 is 0 Å². The van der Waals surface area contributed by atoms with Crippen LogP contribution in [0.25, 0.3) is 0 Å². The molecular weight excluding hydrogens is 313 g/mol. The van der Waals surface area contributed by atoms with Crippen LogP contribution in [0.15, 0.2) is 51.8 Å². The summed E-state index contributed by atoms with van der Waals surface area (Å²) >= 11 is 5.03. The van der Waals surface area contributed by atoms with Gasteiger partial charge in [0, 0.05) is 27.2 Å². The zero-order valence-electron chi connectivity index (χ0n) is 9.70. The highest BCUT2D eigenvalue weighted by Gasteiger charge is 2.07. The first kappa shape index (κ1) is 13.6. The lowest BCUT2D eigenvalue weighted by atomic mass is 10.1. The van der Waals surface area contributed by atoms with E-state index in [2.05, 4.69) is 15.9 Å². The molecule has 0 aliphatic rings. The highest BCUT2D eigenvalue weighted by Crippen LogP contribution is 2.27. The van der Waals surface area contributed by atoms with E-state index in [1.807, 2.05) is 30.3 Å². The monoisotopic (exact) mass is 325 g/mol. The van der Waals surface area contributed by atoms with Crippen molar-refractivity contribution in [3.8, 4) is 0 Å². The molecule has 2 N–H and O–H groups in total. The van der Waals surface area contributed by atoms with Gasteiger partial charge in [-0.15, -0.1) is 11.8 Å². The molecule has 1 nitrogen and oxygen atoms in total. The Morgan fingerprint density at radius 2 is 1.83 bits per heavy atom.